The molecule has 0 spiro atoms. The molecule has 2 nitrogen and oxygen atoms in total. The van der Waals surface area contributed by atoms with Crippen molar-refractivity contribution >= 4 is 15.9 Å². The van der Waals surface area contributed by atoms with Gasteiger partial charge in [-0.05, 0) is 45.8 Å². The Balaban J connectivity index is 2.31. The Kier molecular flexibility index (Phi) is 3.91. The number of nitrogens with zero attached hydrogens (tertiary/aromatic N) is 1. The van der Waals surface area contributed by atoms with Crippen molar-refractivity contribution in [3.8, 4) is 0 Å². The highest BCUT2D eigenvalue weighted by atomic mass is 79.9. The van der Waals surface area contributed by atoms with Crippen LogP contribution in [0.2, 0.25) is 0 Å². The predicted octanol–water partition coefficient (Wildman–Crippen LogP) is 3.91. The summed E-state index contributed by atoms with van der Waals surface area (Å²) < 4.78 is 38.1. The fourth-order valence-corrected chi connectivity index (χ4v) is 2.17. The summed E-state index contributed by atoms with van der Waals surface area (Å²) in [5.41, 5.74) is 6.47. The Morgan fingerprint density at radius 3 is 2.26 bits per heavy atom. The van der Waals surface area contributed by atoms with Gasteiger partial charge in [0.05, 0.1) is 17.3 Å². The minimum absolute atomic E-state index is 0.571. The summed E-state index contributed by atoms with van der Waals surface area (Å²) in [7, 11) is 0. The van der Waals surface area contributed by atoms with Crippen LogP contribution in [0.5, 0.6) is 0 Å². The predicted molar refractivity (Wildman–Crippen MR) is 69.4 cm³/mol. The molecule has 2 aromatic rings. The molecule has 0 aliphatic heterocycles. The first-order chi connectivity index (χ1) is 8.89. The Hall–Kier alpha value is -1.40. The summed E-state index contributed by atoms with van der Waals surface area (Å²) in [5.74, 6) is 0. The lowest BCUT2D eigenvalue weighted by Crippen LogP contribution is -2.14. The smallest absolute Gasteiger partial charge is 0.319 e. The number of halogens is 4. The number of alkyl halides is 3. The summed E-state index contributed by atoms with van der Waals surface area (Å²) in [6.45, 7) is 0. The van der Waals surface area contributed by atoms with Gasteiger partial charge in [-0.25, -0.2) is 0 Å². The molecule has 0 saturated carbocycles. The molecule has 6 heteroatoms. The van der Waals surface area contributed by atoms with E-state index < -0.39 is 17.8 Å². The number of pyridine rings is 1. The molecule has 1 aromatic heterocycles. The Bertz CT molecular complexity index is 567. The van der Waals surface area contributed by atoms with Crippen molar-refractivity contribution in [2.24, 2.45) is 5.73 Å². The van der Waals surface area contributed by atoms with Gasteiger partial charge < -0.3 is 5.73 Å². The van der Waals surface area contributed by atoms with E-state index in [1.807, 2.05) is 0 Å². The van der Waals surface area contributed by atoms with Gasteiger partial charge in [-0.3, -0.25) is 4.98 Å². The minimum atomic E-state index is -4.34. The van der Waals surface area contributed by atoms with Gasteiger partial charge in [0, 0.05) is 10.7 Å². The average Bonchev–Trinajstić information content (AvgIpc) is 2.38. The number of nitrogens with two attached hydrogens (primary N) is 1. The molecule has 0 radical (unpaired) electrons. The highest BCUT2D eigenvalue weighted by molar-refractivity contribution is 9.10. The number of hydrogen-bond donors (Lipinski definition) is 1. The van der Waals surface area contributed by atoms with Crippen molar-refractivity contribution < 1.29 is 13.2 Å². The maximum Gasteiger partial charge on any atom is 0.416 e. The zero-order valence-electron chi connectivity index (χ0n) is 9.66. The normalized spacial score (nSPS) is 13.3. The maximum absolute atomic E-state index is 12.5. The number of aromatic nitrogens is 1. The van der Waals surface area contributed by atoms with E-state index >= 15 is 0 Å². The topological polar surface area (TPSA) is 38.9 Å². The molecule has 0 fully saturated rings. The van der Waals surface area contributed by atoms with Gasteiger partial charge in [0.15, 0.2) is 0 Å². The molecule has 1 heterocycles. The lowest BCUT2D eigenvalue weighted by Gasteiger charge is -2.14. The lowest BCUT2D eigenvalue weighted by molar-refractivity contribution is -0.137. The molecular formula is C13H10BrF3N2. The van der Waals surface area contributed by atoms with Crippen LogP contribution in [0.3, 0.4) is 0 Å². The first kappa shape index (κ1) is 14.0. The summed E-state index contributed by atoms with van der Waals surface area (Å²) in [6, 6.07) is 7.73. The number of hydrogen-bond acceptors (Lipinski definition) is 2. The second kappa shape index (κ2) is 5.30. The van der Waals surface area contributed by atoms with E-state index in [4.69, 9.17) is 5.73 Å². The van der Waals surface area contributed by atoms with Gasteiger partial charge >= 0.3 is 6.18 Å². The van der Waals surface area contributed by atoms with Crippen LogP contribution >= 0.6 is 15.9 Å². The molecule has 1 aromatic carbocycles. The quantitative estimate of drug-likeness (QED) is 0.906. The summed E-state index contributed by atoms with van der Waals surface area (Å²) in [4.78, 5) is 4.13. The second-order valence-electron chi connectivity index (χ2n) is 3.97. The van der Waals surface area contributed by atoms with Gasteiger partial charge in [0.1, 0.15) is 0 Å². The van der Waals surface area contributed by atoms with E-state index in [-0.39, 0.29) is 0 Å². The van der Waals surface area contributed by atoms with Crippen LogP contribution in [-0.4, -0.2) is 4.98 Å². The lowest BCUT2D eigenvalue weighted by atomic mass is 10.0. The third-order valence-corrected chi connectivity index (χ3v) is 3.35. The van der Waals surface area contributed by atoms with E-state index in [9.17, 15) is 13.2 Å². The first-order valence-corrected chi connectivity index (χ1v) is 6.22. The summed E-state index contributed by atoms with van der Waals surface area (Å²) in [5, 5.41) is 0. The van der Waals surface area contributed by atoms with E-state index in [0.29, 0.717) is 11.3 Å². The Morgan fingerprint density at radius 1 is 1.11 bits per heavy atom. The van der Waals surface area contributed by atoms with E-state index in [0.717, 1.165) is 16.6 Å². The van der Waals surface area contributed by atoms with Crippen LogP contribution in [-0.2, 0) is 6.18 Å². The van der Waals surface area contributed by atoms with Crippen LogP contribution in [0.25, 0.3) is 0 Å². The third kappa shape index (κ3) is 3.13. The molecule has 1 unspecified atom stereocenters. The van der Waals surface area contributed by atoms with Crippen molar-refractivity contribution in [2.45, 2.75) is 12.2 Å². The highest BCUT2D eigenvalue weighted by Gasteiger charge is 2.30. The van der Waals surface area contributed by atoms with Crippen LogP contribution < -0.4 is 5.73 Å². The van der Waals surface area contributed by atoms with E-state index in [1.165, 1.54) is 12.1 Å². The third-order valence-electron chi connectivity index (χ3n) is 2.68. The summed E-state index contributed by atoms with van der Waals surface area (Å²) in [6.07, 6.45) is -2.75. The van der Waals surface area contributed by atoms with Gasteiger partial charge in [-0.1, -0.05) is 12.1 Å². The molecule has 19 heavy (non-hydrogen) atoms. The second-order valence-corrected chi connectivity index (χ2v) is 4.82. The van der Waals surface area contributed by atoms with Crippen LogP contribution in [0.15, 0.2) is 47.1 Å². The van der Waals surface area contributed by atoms with Crippen LogP contribution in [0.1, 0.15) is 22.9 Å². The molecule has 0 aliphatic carbocycles. The summed E-state index contributed by atoms with van der Waals surface area (Å²) >= 11 is 3.32. The molecule has 0 saturated heterocycles. The van der Waals surface area contributed by atoms with Gasteiger partial charge in [-0.2, -0.15) is 13.2 Å². The van der Waals surface area contributed by atoms with Crippen molar-refractivity contribution in [3.63, 3.8) is 0 Å². The number of benzene rings is 1. The number of rotatable bonds is 2. The fourth-order valence-electron chi connectivity index (χ4n) is 1.66. The standard InChI is InChI=1S/C13H10BrF3N2/c14-10-2-1-7-19-12(10)11(18)8-3-5-9(6-4-8)13(15,16)17/h1-7,11H,18H2. The van der Waals surface area contributed by atoms with Crippen molar-refractivity contribution in [3.05, 3.63) is 63.9 Å². The van der Waals surface area contributed by atoms with Crippen LogP contribution in [0, 0.1) is 0 Å². The highest BCUT2D eigenvalue weighted by Crippen LogP contribution is 2.31. The molecule has 0 bridgehead atoms. The molecule has 1 atom stereocenters. The van der Waals surface area contributed by atoms with E-state index in [2.05, 4.69) is 20.9 Å². The van der Waals surface area contributed by atoms with Crippen molar-refractivity contribution in [1.29, 1.82) is 0 Å². The van der Waals surface area contributed by atoms with Gasteiger partial charge in [0.25, 0.3) is 0 Å². The van der Waals surface area contributed by atoms with Crippen molar-refractivity contribution in [1.82, 2.24) is 4.98 Å². The Labute approximate surface area is 116 Å². The molecular weight excluding hydrogens is 321 g/mol. The fraction of sp³-hybridized carbons (Fsp3) is 0.154. The Morgan fingerprint density at radius 2 is 1.74 bits per heavy atom. The monoisotopic (exact) mass is 330 g/mol. The van der Waals surface area contributed by atoms with Gasteiger partial charge in [-0.15, -0.1) is 0 Å². The zero-order chi connectivity index (χ0) is 14.0. The molecule has 0 amide bonds. The van der Waals surface area contributed by atoms with Crippen molar-refractivity contribution in [2.75, 3.05) is 0 Å². The molecule has 100 valence electrons. The average molecular weight is 331 g/mol. The van der Waals surface area contributed by atoms with Gasteiger partial charge in [0.2, 0.25) is 0 Å². The van der Waals surface area contributed by atoms with Crippen LogP contribution in [0.4, 0.5) is 13.2 Å². The zero-order valence-corrected chi connectivity index (χ0v) is 11.2. The molecule has 0 aliphatic rings. The maximum atomic E-state index is 12.5. The molecule has 2 N–H and O–H groups in total. The largest absolute Gasteiger partial charge is 0.416 e. The first-order valence-electron chi connectivity index (χ1n) is 5.43. The SMILES string of the molecule is NC(c1ccc(C(F)(F)F)cc1)c1ncccc1Br. The molecule has 2 rings (SSSR count). The van der Waals surface area contributed by atoms with E-state index in [1.54, 1.807) is 18.3 Å². The minimum Gasteiger partial charge on any atom is -0.319 e.